The normalized spacial score (nSPS) is 11.2. The van der Waals surface area contributed by atoms with Crippen LogP contribution in [0, 0.1) is 0 Å². The van der Waals surface area contributed by atoms with E-state index in [1.165, 1.54) is 11.1 Å². The molecule has 0 bridgehead atoms. The molecule has 0 N–H and O–H groups in total. The van der Waals surface area contributed by atoms with E-state index in [9.17, 15) is 0 Å². The predicted octanol–water partition coefficient (Wildman–Crippen LogP) is 5.68. The van der Waals surface area contributed by atoms with Crippen LogP contribution < -0.4 is 4.74 Å². The van der Waals surface area contributed by atoms with E-state index < -0.39 is 0 Å². The maximum absolute atomic E-state index is 5.75. The van der Waals surface area contributed by atoms with Gasteiger partial charge in [0.05, 0.1) is 29.9 Å². The predicted molar refractivity (Wildman–Crippen MR) is 156 cm³/mol. The lowest BCUT2D eigenvalue weighted by molar-refractivity contribution is 0.237. The summed E-state index contributed by atoms with van der Waals surface area (Å²) in [6.07, 6.45) is 7.37. The summed E-state index contributed by atoms with van der Waals surface area (Å²) in [4.78, 5) is 23.0. The highest BCUT2D eigenvalue weighted by atomic mass is 16.5. The topological polar surface area (TPSA) is 67.3 Å². The molecule has 5 rings (SSSR count). The maximum atomic E-state index is 5.75. The van der Waals surface area contributed by atoms with Gasteiger partial charge in [0.1, 0.15) is 5.75 Å². The van der Waals surface area contributed by atoms with E-state index >= 15 is 0 Å². The second-order valence-corrected chi connectivity index (χ2v) is 9.76. The quantitative estimate of drug-likeness (QED) is 0.194. The number of ether oxygens (including phenoxy) is 1. The summed E-state index contributed by atoms with van der Waals surface area (Å²) in [5, 5.41) is 0. The summed E-state index contributed by atoms with van der Waals surface area (Å²) in [5.41, 5.74) is 6.46. The van der Waals surface area contributed by atoms with Gasteiger partial charge in [0.15, 0.2) is 0 Å². The van der Waals surface area contributed by atoms with Crippen LogP contribution in [0.1, 0.15) is 33.9 Å². The van der Waals surface area contributed by atoms with Gasteiger partial charge >= 0.3 is 0 Å². The Bertz CT molecular complexity index is 1250. The lowest BCUT2D eigenvalue weighted by Gasteiger charge is -2.24. The average Bonchev–Trinajstić information content (AvgIpc) is 2.99. The molecule has 0 unspecified atom stereocenters. The second kappa shape index (κ2) is 14.1. The summed E-state index contributed by atoms with van der Waals surface area (Å²) in [6.45, 7) is 4.34. The Kier molecular flexibility index (Phi) is 9.54. The molecule has 0 spiro atoms. The molecule has 0 atom stereocenters. The Morgan fingerprint density at radius 2 is 0.825 bits per heavy atom. The lowest BCUT2D eigenvalue weighted by atomic mass is 10.1. The molecule has 4 heterocycles. The van der Waals surface area contributed by atoms with E-state index in [2.05, 4.69) is 72.2 Å². The van der Waals surface area contributed by atoms with E-state index in [0.29, 0.717) is 0 Å². The summed E-state index contributed by atoms with van der Waals surface area (Å²) >= 11 is 0. The van der Waals surface area contributed by atoms with Crippen molar-refractivity contribution in [2.75, 3.05) is 7.11 Å². The van der Waals surface area contributed by atoms with Crippen molar-refractivity contribution in [3.8, 4) is 5.75 Å². The van der Waals surface area contributed by atoms with Crippen LogP contribution in [0.2, 0.25) is 0 Å². The molecule has 202 valence electrons. The van der Waals surface area contributed by atoms with Gasteiger partial charge in [-0.1, -0.05) is 30.3 Å². The molecule has 0 fully saturated rings. The van der Waals surface area contributed by atoms with Gasteiger partial charge in [-0.05, 0) is 71.8 Å². The van der Waals surface area contributed by atoms with Crippen molar-refractivity contribution in [3.05, 3.63) is 150 Å². The minimum atomic E-state index is 0.718. The van der Waals surface area contributed by atoms with E-state index in [1.807, 2.05) is 73.3 Å². The van der Waals surface area contributed by atoms with Crippen LogP contribution in [-0.2, 0) is 39.3 Å². The molecule has 0 aliphatic rings. The van der Waals surface area contributed by atoms with Crippen LogP contribution in [0.25, 0.3) is 0 Å². The van der Waals surface area contributed by atoms with Gasteiger partial charge in [0, 0.05) is 64.1 Å². The molecule has 0 amide bonds. The third-order valence-electron chi connectivity index (χ3n) is 6.52. The summed E-state index contributed by atoms with van der Waals surface area (Å²) in [7, 11) is 1.72. The minimum absolute atomic E-state index is 0.718. The number of pyridine rings is 4. The summed E-state index contributed by atoms with van der Waals surface area (Å²) < 4.78 is 5.75. The fourth-order valence-electron chi connectivity index (χ4n) is 4.76. The van der Waals surface area contributed by atoms with Crippen LogP contribution in [0.4, 0.5) is 0 Å². The molecule has 4 aromatic heterocycles. The van der Waals surface area contributed by atoms with Gasteiger partial charge in [0.25, 0.3) is 0 Å². The van der Waals surface area contributed by atoms with E-state index in [-0.39, 0.29) is 0 Å². The van der Waals surface area contributed by atoms with Gasteiger partial charge in [-0.3, -0.25) is 29.7 Å². The van der Waals surface area contributed by atoms with Crippen molar-refractivity contribution in [3.63, 3.8) is 0 Å². The number of benzene rings is 1. The Balaban J connectivity index is 1.39. The fourth-order valence-corrected chi connectivity index (χ4v) is 4.76. The van der Waals surface area contributed by atoms with Crippen molar-refractivity contribution < 1.29 is 4.74 Å². The lowest BCUT2D eigenvalue weighted by Crippen LogP contribution is -2.25. The van der Waals surface area contributed by atoms with Crippen LogP contribution in [0.5, 0.6) is 5.75 Å². The highest BCUT2D eigenvalue weighted by molar-refractivity contribution is 5.35. The molecule has 0 saturated heterocycles. The average molecular weight is 531 g/mol. The zero-order chi connectivity index (χ0) is 27.4. The smallest absolute Gasteiger partial charge is 0.119 e. The highest BCUT2D eigenvalue weighted by Gasteiger charge is 2.14. The standard InChI is InChI=1S/C33H34N6O/c1-40-33-19-27(21-38(23-29-10-2-6-14-34-29)24-30-11-3-7-15-35-30)18-28(20-33)22-39(25-31-12-4-8-16-36-31)26-32-13-5-9-17-37-32/h2-20H,21-26H2,1H3. The number of nitrogens with zero attached hydrogens (tertiary/aromatic N) is 6. The molecule has 0 radical (unpaired) electrons. The Morgan fingerprint density at radius 3 is 1.10 bits per heavy atom. The van der Waals surface area contributed by atoms with Gasteiger partial charge in [-0.25, -0.2) is 0 Å². The molecule has 1 aromatic carbocycles. The number of hydrogen-bond acceptors (Lipinski definition) is 7. The monoisotopic (exact) mass is 530 g/mol. The first kappa shape index (κ1) is 27.1. The third kappa shape index (κ3) is 8.27. The van der Waals surface area contributed by atoms with Gasteiger partial charge < -0.3 is 4.74 Å². The van der Waals surface area contributed by atoms with Gasteiger partial charge in [-0.15, -0.1) is 0 Å². The van der Waals surface area contributed by atoms with Crippen molar-refractivity contribution in [2.24, 2.45) is 0 Å². The zero-order valence-electron chi connectivity index (χ0n) is 22.8. The maximum Gasteiger partial charge on any atom is 0.119 e. The molecule has 0 saturated carbocycles. The summed E-state index contributed by atoms with van der Waals surface area (Å²) in [5.74, 6) is 0.846. The molecular weight excluding hydrogens is 496 g/mol. The van der Waals surface area contributed by atoms with Gasteiger partial charge in [-0.2, -0.15) is 0 Å². The molecule has 0 aliphatic heterocycles. The molecule has 40 heavy (non-hydrogen) atoms. The molecule has 0 aliphatic carbocycles. The second-order valence-electron chi connectivity index (χ2n) is 9.76. The molecular formula is C33H34N6O. The Morgan fingerprint density at radius 1 is 0.475 bits per heavy atom. The van der Waals surface area contributed by atoms with Crippen LogP contribution in [0.15, 0.2) is 116 Å². The third-order valence-corrected chi connectivity index (χ3v) is 6.52. The van der Waals surface area contributed by atoms with Crippen molar-refractivity contribution >= 4 is 0 Å². The van der Waals surface area contributed by atoms with E-state index in [4.69, 9.17) is 4.74 Å². The van der Waals surface area contributed by atoms with E-state index in [1.54, 1.807) is 7.11 Å². The largest absolute Gasteiger partial charge is 0.497 e. The van der Waals surface area contributed by atoms with Crippen LogP contribution in [0.3, 0.4) is 0 Å². The summed E-state index contributed by atoms with van der Waals surface area (Å²) in [6, 6.07) is 30.7. The number of aromatic nitrogens is 4. The van der Waals surface area contributed by atoms with Crippen LogP contribution >= 0.6 is 0 Å². The zero-order valence-corrected chi connectivity index (χ0v) is 22.8. The molecule has 5 aromatic rings. The fraction of sp³-hybridized carbons (Fsp3) is 0.212. The van der Waals surface area contributed by atoms with Crippen molar-refractivity contribution in [1.82, 2.24) is 29.7 Å². The van der Waals surface area contributed by atoms with Gasteiger partial charge in [0.2, 0.25) is 0 Å². The SMILES string of the molecule is COc1cc(CN(Cc2ccccn2)Cc2ccccn2)cc(CN(Cc2ccccn2)Cc2ccccn2)c1. The number of hydrogen-bond donors (Lipinski definition) is 0. The Labute approximate surface area is 236 Å². The molecule has 7 nitrogen and oxygen atoms in total. The minimum Gasteiger partial charge on any atom is -0.497 e. The van der Waals surface area contributed by atoms with Crippen molar-refractivity contribution in [2.45, 2.75) is 39.3 Å². The van der Waals surface area contributed by atoms with Crippen molar-refractivity contribution in [1.29, 1.82) is 0 Å². The molecule has 7 heteroatoms. The van der Waals surface area contributed by atoms with Crippen LogP contribution in [-0.4, -0.2) is 36.8 Å². The number of methoxy groups -OCH3 is 1. The van der Waals surface area contributed by atoms with E-state index in [0.717, 1.165) is 67.8 Å². The Hall–Kier alpha value is -4.46. The number of rotatable bonds is 13. The first-order chi connectivity index (χ1) is 19.7. The first-order valence-corrected chi connectivity index (χ1v) is 13.4. The first-order valence-electron chi connectivity index (χ1n) is 13.4. The highest BCUT2D eigenvalue weighted by Crippen LogP contribution is 2.22.